The third-order valence-corrected chi connectivity index (χ3v) is 12.4. The van der Waals surface area contributed by atoms with E-state index in [0.29, 0.717) is 47.7 Å². The lowest BCUT2D eigenvalue weighted by Crippen LogP contribution is -2.54. The van der Waals surface area contributed by atoms with Crippen molar-refractivity contribution in [1.29, 1.82) is 0 Å². The number of nitrogens with zero attached hydrogens (tertiary/aromatic N) is 3. The van der Waals surface area contributed by atoms with Gasteiger partial charge in [-0.05, 0) is 70.4 Å². The fourth-order valence-electron chi connectivity index (χ4n) is 7.36. The van der Waals surface area contributed by atoms with E-state index in [1.54, 1.807) is 19.1 Å². The molecule has 2 aromatic carbocycles. The molecule has 0 spiro atoms. The summed E-state index contributed by atoms with van der Waals surface area (Å²) in [6.45, 7) is 2.47. The fourth-order valence-corrected chi connectivity index (χ4v) is 8.73. The van der Waals surface area contributed by atoms with E-state index in [1.807, 2.05) is 61.5 Å². The lowest BCUT2D eigenvalue weighted by atomic mass is 9.93. The van der Waals surface area contributed by atoms with Gasteiger partial charge in [0.05, 0.1) is 35.1 Å². The van der Waals surface area contributed by atoms with Crippen LogP contribution in [0.15, 0.2) is 54.6 Å². The number of hydrogen-bond donors (Lipinski definition) is 2. The molecular weight excluding hydrogens is 659 g/mol. The number of carbonyl (C=O) groups excluding carboxylic acids is 3. The van der Waals surface area contributed by atoms with Gasteiger partial charge in [0.25, 0.3) is 5.91 Å². The first-order valence-electron chi connectivity index (χ1n) is 17.4. The van der Waals surface area contributed by atoms with Crippen molar-refractivity contribution in [3.05, 3.63) is 60.2 Å². The number of fused-ring (bicyclic) bond motifs is 3. The van der Waals surface area contributed by atoms with Gasteiger partial charge >= 0.3 is 0 Å². The zero-order valence-corrected chi connectivity index (χ0v) is 29.4. The number of rotatable bonds is 7. The van der Waals surface area contributed by atoms with Crippen LogP contribution in [0.25, 0.3) is 22.3 Å². The van der Waals surface area contributed by atoms with E-state index in [2.05, 4.69) is 10.0 Å². The maximum absolute atomic E-state index is 14.2. The van der Waals surface area contributed by atoms with Crippen molar-refractivity contribution < 1.29 is 32.3 Å². The van der Waals surface area contributed by atoms with Crippen LogP contribution in [0.2, 0.25) is 0 Å². The summed E-state index contributed by atoms with van der Waals surface area (Å²) >= 11 is 0. The lowest BCUT2D eigenvalue weighted by molar-refractivity contribution is -0.140. The maximum Gasteiger partial charge on any atom is 0.259 e. The molecule has 3 saturated carbocycles. The number of benzene rings is 2. The second-order valence-corrected chi connectivity index (χ2v) is 16.0. The molecular formula is C37H43N5O7S. The van der Waals surface area contributed by atoms with Crippen molar-refractivity contribution in [1.82, 2.24) is 24.9 Å². The molecule has 3 amide bonds. The molecule has 50 heavy (non-hydrogen) atoms. The van der Waals surface area contributed by atoms with Crippen molar-refractivity contribution in [2.75, 3.05) is 20.7 Å². The van der Waals surface area contributed by atoms with E-state index in [4.69, 9.17) is 19.4 Å². The number of hydrogen-bond acceptors (Lipinski definition) is 9. The minimum absolute atomic E-state index is 0.163. The Morgan fingerprint density at radius 2 is 1.80 bits per heavy atom. The summed E-state index contributed by atoms with van der Waals surface area (Å²) in [7, 11) is -0.471. The number of amides is 3. The summed E-state index contributed by atoms with van der Waals surface area (Å²) < 4.78 is 39.9. The smallest absolute Gasteiger partial charge is 0.259 e. The van der Waals surface area contributed by atoms with Gasteiger partial charge in [-0.3, -0.25) is 19.1 Å². The van der Waals surface area contributed by atoms with E-state index in [9.17, 15) is 22.8 Å². The Morgan fingerprint density at radius 3 is 2.54 bits per heavy atom. The van der Waals surface area contributed by atoms with Gasteiger partial charge < -0.3 is 19.7 Å². The molecule has 0 radical (unpaired) electrons. The molecule has 0 unspecified atom stereocenters. The minimum Gasteiger partial charge on any atom is -0.496 e. The van der Waals surface area contributed by atoms with Gasteiger partial charge in [-0.25, -0.2) is 13.4 Å². The second-order valence-electron chi connectivity index (χ2n) is 14.1. The van der Waals surface area contributed by atoms with E-state index >= 15 is 0 Å². The van der Waals surface area contributed by atoms with Crippen LogP contribution in [0.1, 0.15) is 56.9 Å². The number of aryl methyl sites for hydroxylation is 1. The molecule has 3 aromatic rings. The highest BCUT2D eigenvalue weighted by molar-refractivity contribution is 7.91. The molecule has 7 rings (SSSR count). The quantitative estimate of drug-likeness (QED) is 0.347. The number of sulfonamides is 1. The van der Waals surface area contributed by atoms with Gasteiger partial charge in [-0.2, -0.15) is 4.98 Å². The number of methoxy groups -OCH3 is 1. The fraction of sp³-hybridized carbons (Fsp3) is 0.486. The highest BCUT2D eigenvalue weighted by Crippen LogP contribution is 2.47. The Labute approximate surface area is 292 Å². The van der Waals surface area contributed by atoms with E-state index < -0.39 is 50.6 Å². The summed E-state index contributed by atoms with van der Waals surface area (Å²) in [6, 6.07) is 13.2. The van der Waals surface area contributed by atoms with Gasteiger partial charge in [-0.15, -0.1) is 0 Å². The molecule has 1 aliphatic heterocycles. The number of allylic oxidation sites excluding steroid dienone is 1. The first-order valence-corrected chi connectivity index (χ1v) is 18.9. The Balaban J connectivity index is 1.21. The molecule has 12 nitrogen and oxygen atoms in total. The first-order chi connectivity index (χ1) is 24.0. The Hall–Kier alpha value is -4.52. The van der Waals surface area contributed by atoms with Crippen LogP contribution < -0.4 is 19.5 Å². The summed E-state index contributed by atoms with van der Waals surface area (Å²) in [5.41, 5.74) is 0.894. The van der Waals surface area contributed by atoms with Crippen LogP contribution in [0.5, 0.6) is 11.6 Å². The van der Waals surface area contributed by atoms with E-state index in [1.165, 1.54) is 0 Å². The Morgan fingerprint density at radius 1 is 1.04 bits per heavy atom. The summed E-state index contributed by atoms with van der Waals surface area (Å²) in [5.74, 6) is -1.74. The molecule has 0 saturated heterocycles. The molecule has 3 aliphatic carbocycles. The molecule has 13 heteroatoms. The van der Waals surface area contributed by atoms with Crippen LogP contribution in [0.3, 0.4) is 0 Å². The van der Waals surface area contributed by atoms with Crippen molar-refractivity contribution in [3.8, 4) is 23.0 Å². The van der Waals surface area contributed by atoms with E-state index in [0.717, 1.165) is 30.4 Å². The molecule has 264 valence electrons. The van der Waals surface area contributed by atoms with Gasteiger partial charge in [-0.1, -0.05) is 42.5 Å². The van der Waals surface area contributed by atoms with Crippen LogP contribution in [0, 0.1) is 24.7 Å². The predicted octanol–water partition coefficient (Wildman–Crippen LogP) is 4.07. The zero-order chi connectivity index (χ0) is 35.2. The summed E-state index contributed by atoms with van der Waals surface area (Å²) in [5, 5.41) is 3.03. The molecule has 2 N–H and O–H groups in total. The average molecular weight is 702 g/mol. The number of carbonyl (C=O) groups is 3. The molecule has 2 heterocycles. The number of nitrogens with one attached hydrogen (secondary N) is 2. The third kappa shape index (κ3) is 6.55. The average Bonchev–Trinajstić information content (AvgIpc) is 4.03. The highest BCUT2D eigenvalue weighted by Gasteiger charge is 2.62. The van der Waals surface area contributed by atoms with Gasteiger partial charge in [0, 0.05) is 30.6 Å². The van der Waals surface area contributed by atoms with Crippen LogP contribution in [-0.2, 0) is 24.4 Å². The van der Waals surface area contributed by atoms with Crippen LogP contribution in [-0.4, -0.2) is 78.6 Å². The maximum atomic E-state index is 14.2. The minimum atomic E-state index is -3.83. The topological polar surface area (TPSA) is 157 Å². The second kappa shape index (κ2) is 13.3. The van der Waals surface area contributed by atoms with Crippen molar-refractivity contribution >= 4 is 38.6 Å². The monoisotopic (exact) mass is 701 g/mol. The zero-order valence-electron chi connectivity index (χ0n) is 28.6. The highest BCUT2D eigenvalue weighted by atomic mass is 32.2. The SMILES string of the molecule is COc1ccc2c(O[C@@H]3C[C@H]4C(=O)N[C@]5(C(=O)NS(=O)(=O)C6CC6)C[C@H]5/C=C\CCCCN(C)C(=O)[C@@H]4C3)nc(-c3ccccc3)nc2c1C. The van der Waals surface area contributed by atoms with Gasteiger partial charge in [0.1, 0.15) is 17.4 Å². The van der Waals surface area contributed by atoms with Gasteiger partial charge in [0.15, 0.2) is 5.82 Å². The van der Waals surface area contributed by atoms with Gasteiger partial charge in [0.2, 0.25) is 27.7 Å². The van der Waals surface area contributed by atoms with Crippen LogP contribution >= 0.6 is 0 Å². The largest absolute Gasteiger partial charge is 0.496 e. The first kappa shape index (κ1) is 34.0. The van der Waals surface area contributed by atoms with Crippen molar-refractivity contribution in [3.63, 3.8) is 0 Å². The summed E-state index contributed by atoms with van der Waals surface area (Å²) in [6.07, 6.45) is 7.47. The predicted molar refractivity (Wildman–Crippen MR) is 187 cm³/mol. The van der Waals surface area contributed by atoms with Crippen molar-refractivity contribution in [2.24, 2.45) is 17.8 Å². The lowest BCUT2D eigenvalue weighted by Gasteiger charge is -2.26. The molecule has 5 atom stereocenters. The summed E-state index contributed by atoms with van der Waals surface area (Å²) in [4.78, 5) is 53.1. The number of ether oxygens (including phenoxy) is 2. The van der Waals surface area contributed by atoms with E-state index in [-0.39, 0.29) is 31.1 Å². The number of aromatic nitrogens is 2. The van der Waals surface area contributed by atoms with Crippen molar-refractivity contribution in [2.45, 2.75) is 75.2 Å². The van der Waals surface area contributed by atoms with Crippen LogP contribution in [0.4, 0.5) is 0 Å². The molecule has 0 bridgehead atoms. The molecule has 4 aliphatic rings. The Kier molecular flexibility index (Phi) is 9.04. The third-order valence-electron chi connectivity index (χ3n) is 10.6. The normalized spacial score (nSPS) is 27.8. The molecule has 1 aromatic heterocycles. The Bertz CT molecular complexity index is 1970. The molecule has 3 fully saturated rings. The standard InChI is InChI=1S/C37H43N5O7S/c1-22-30(48-3)17-16-27-31(22)38-32(23-11-7-6-8-12-23)39-34(27)49-25-19-28-29(20-25)35(44)42(2)18-10-5-4-9-13-24-21-37(24,40-33(28)43)36(45)41-50(46,47)26-14-15-26/h6-9,11-13,16-17,24-26,28-29H,4-5,10,14-15,18-21H2,1-3H3,(H,40,43)(H,41,45)/b13-9-/t24-,25-,28-,29-,37-/m1/s1.